The Labute approximate surface area is 155 Å². The van der Waals surface area contributed by atoms with Crippen molar-refractivity contribution in [3.05, 3.63) is 52.1 Å². The first-order chi connectivity index (χ1) is 12.1. The highest BCUT2D eigenvalue weighted by molar-refractivity contribution is 6.35. The number of carbonyl (C=O) groups is 1. The minimum atomic E-state index is -0.231. The quantitative estimate of drug-likeness (QED) is 0.869. The number of piperazine rings is 1. The average Bonchev–Trinajstić information content (AvgIpc) is 2.64. The van der Waals surface area contributed by atoms with E-state index in [-0.39, 0.29) is 6.03 Å². The minimum Gasteiger partial charge on any atom is -0.352 e. The van der Waals surface area contributed by atoms with E-state index in [0.717, 1.165) is 0 Å². The van der Waals surface area contributed by atoms with Gasteiger partial charge in [0.2, 0.25) is 0 Å². The standard InChI is InChI=1S/C17H15Cl2N5O/c18-13-3-4-14(19)15(10-13)22-17(25)24-8-6-23(7-9-24)16-12(11-20)2-1-5-21-16/h1-5,10H,6-9H2,(H,22,25). The number of hydrogen-bond acceptors (Lipinski definition) is 4. The molecule has 0 bridgehead atoms. The van der Waals surface area contributed by atoms with Gasteiger partial charge in [-0.15, -0.1) is 0 Å². The topological polar surface area (TPSA) is 72.3 Å². The van der Waals surface area contributed by atoms with Gasteiger partial charge in [-0.1, -0.05) is 23.2 Å². The SMILES string of the molecule is N#Cc1cccnc1N1CCN(C(=O)Nc2cc(Cl)ccc2Cl)CC1. The first-order valence-corrected chi connectivity index (χ1v) is 8.45. The Morgan fingerprint density at radius 3 is 2.68 bits per heavy atom. The molecule has 6 nitrogen and oxygen atoms in total. The van der Waals surface area contributed by atoms with Crippen molar-refractivity contribution in [3.8, 4) is 6.07 Å². The second kappa shape index (κ2) is 7.60. The second-order valence-corrected chi connectivity index (χ2v) is 6.36. The summed E-state index contributed by atoms with van der Waals surface area (Å²) in [6.45, 7) is 2.24. The van der Waals surface area contributed by atoms with Gasteiger partial charge in [-0.25, -0.2) is 9.78 Å². The number of benzene rings is 1. The molecule has 1 aromatic carbocycles. The molecule has 1 saturated heterocycles. The van der Waals surface area contributed by atoms with E-state index in [9.17, 15) is 10.1 Å². The Balaban J connectivity index is 1.63. The van der Waals surface area contributed by atoms with Gasteiger partial charge in [-0.05, 0) is 30.3 Å². The number of amides is 2. The van der Waals surface area contributed by atoms with Crippen LogP contribution in [0.4, 0.5) is 16.3 Å². The van der Waals surface area contributed by atoms with Crippen molar-refractivity contribution >= 4 is 40.7 Å². The number of anilines is 2. The van der Waals surface area contributed by atoms with Gasteiger partial charge in [-0.3, -0.25) is 0 Å². The number of nitrogens with one attached hydrogen (secondary N) is 1. The van der Waals surface area contributed by atoms with Gasteiger partial charge in [0.05, 0.1) is 16.3 Å². The van der Waals surface area contributed by atoms with Crippen LogP contribution in [0.2, 0.25) is 10.0 Å². The minimum absolute atomic E-state index is 0.231. The van der Waals surface area contributed by atoms with Crippen molar-refractivity contribution < 1.29 is 4.79 Å². The van der Waals surface area contributed by atoms with Crippen molar-refractivity contribution in [1.82, 2.24) is 9.88 Å². The number of rotatable bonds is 2. The van der Waals surface area contributed by atoms with Crippen molar-refractivity contribution in [3.63, 3.8) is 0 Å². The molecule has 0 atom stereocenters. The maximum absolute atomic E-state index is 12.4. The highest BCUT2D eigenvalue weighted by Gasteiger charge is 2.23. The summed E-state index contributed by atoms with van der Waals surface area (Å²) in [5.74, 6) is 0.656. The molecule has 2 aromatic rings. The molecule has 1 aliphatic rings. The summed E-state index contributed by atoms with van der Waals surface area (Å²) in [6, 6.07) is 10.3. The summed E-state index contributed by atoms with van der Waals surface area (Å²) in [5.41, 5.74) is 1.02. The van der Waals surface area contributed by atoms with Crippen LogP contribution in [0.3, 0.4) is 0 Å². The lowest BCUT2D eigenvalue weighted by Gasteiger charge is -2.35. The predicted molar refractivity (Wildman–Crippen MR) is 98.2 cm³/mol. The first-order valence-electron chi connectivity index (χ1n) is 7.69. The summed E-state index contributed by atoms with van der Waals surface area (Å²) >= 11 is 12.0. The van der Waals surface area contributed by atoms with E-state index in [0.29, 0.717) is 53.3 Å². The zero-order valence-corrected chi connectivity index (χ0v) is 14.8. The normalized spacial score (nSPS) is 14.1. The summed E-state index contributed by atoms with van der Waals surface area (Å²) in [5, 5.41) is 12.9. The summed E-state index contributed by atoms with van der Waals surface area (Å²) in [7, 11) is 0. The lowest BCUT2D eigenvalue weighted by atomic mass is 10.2. The van der Waals surface area contributed by atoms with Crippen molar-refractivity contribution in [2.45, 2.75) is 0 Å². The molecule has 1 fully saturated rings. The molecule has 0 spiro atoms. The van der Waals surface area contributed by atoms with Gasteiger partial charge in [0.25, 0.3) is 0 Å². The molecule has 3 rings (SSSR count). The van der Waals surface area contributed by atoms with E-state index in [4.69, 9.17) is 23.2 Å². The maximum atomic E-state index is 12.4. The van der Waals surface area contributed by atoms with Gasteiger partial charge in [0.1, 0.15) is 11.9 Å². The molecule has 0 radical (unpaired) electrons. The number of aromatic nitrogens is 1. The van der Waals surface area contributed by atoms with Crippen molar-refractivity contribution in [1.29, 1.82) is 5.26 Å². The largest absolute Gasteiger partial charge is 0.352 e. The highest BCUT2D eigenvalue weighted by atomic mass is 35.5. The number of carbonyl (C=O) groups excluding carboxylic acids is 1. The summed E-state index contributed by atoms with van der Waals surface area (Å²) in [4.78, 5) is 20.4. The Morgan fingerprint density at radius 1 is 1.20 bits per heavy atom. The maximum Gasteiger partial charge on any atom is 0.322 e. The van der Waals surface area contributed by atoms with Gasteiger partial charge >= 0.3 is 6.03 Å². The smallest absolute Gasteiger partial charge is 0.322 e. The molecule has 2 heterocycles. The van der Waals surface area contributed by atoms with Crippen LogP contribution in [-0.2, 0) is 0 Å². The number of nitrogens with zero attached hydrogens (tertiary/aromatic N) is 4. The predicted octanol–water partition coefficient (Wildman–Crippen LogP) is 3.61. The molecular weight excluding hydrogens is 361 g/mol. The van der Waals surface area contributed by atoms with Gasteiger partial charge < -0.3 is 15.1 Å². The third-order valence-electron chi connectivity index (χ3n) is 3.94. The molecular formula is C17H15Cl2N5O. The zero-order chi connectivity index (χ0) is 17.8. The number of urea groups is 1. The fourth-order valence-electron chi connectivity index (χ4n) is 2.65. The Hall–Kier alpha value is -2.49. The van der Waals surface area contributed by atoms with Crippen LogP contribution in [0.1, 0.15) is 5.56 Å². The third kappa shape index (κ3) is 3.95. The van der Waals surface area contributed by atoms with Crippen LogP contribution in [0, 0.1) is 11.3 Å². The van der Waals surface area contributed by atoms with Crippen LogP contribution in [0.5, 0.6) is 0 Å². The molecule has 25 heavy (non-hydrogen) atoms. The fourth-order valence-corrected chi connectivity index (χ4v) is 2.98. The van der Waals surface area contributed by atoms with E-state index < -0.39 is 0 Å². The third-order valence-corrected chi connectivity index (χ3v) is 4.51. The molecule has 0 saturated carbocycles. The molecule has 8 heteroatoms. The molecule has 0 aliphatic carbocycles. The number of hydrogen-bond donors (Lipinski definition) is 1. The van der Waals surface area contributed by atoms with Crippen LogP contribution in [-0.4, -0.2) is 42.1 Å². The van der Waals surface area contributed by atoms with Gasteiger partial charge in [0.15, 0.2) is 0 Å². The van der Waals surface area contributed by atoms with Crippen LogP contribution in [0.25, 0.3) is 0 Å². The van der Waals surface area contributed by atoms with E-state index in [1.54, 1.807) is 41.4 Å². The Bertz CT molecular complexity index is 828. The number of pyridine rings is 1. The monoisotopic (exact) mass is 375 g/mol. The fraction of sp³-hybridized carbons (Fsp3) is 0.235. The Morgan fingerprint density at radius 2 is 1.96 bits per heavy atom. The summed E-state index contributed by atoms with van der Waals surface area (Å²) < 4.78 is 0. The molecule has 1 N–H and O–H groups in total. The molecule has 0 unspecified atom stereocenters. The number of halogens is 2. The Kier molecular flexibility index (Phi) is 5.27. The lowest BCUT2D eigenvalue weighted by molar-refractivity contribution is 0.208. The van der Waals surface area contributed by atoms with Crippen molar-refractivity contribution in [2.24, 2.45) is 0 Å². The highest BCUT2D eigenvalue weighted by Crippen LogP contribution is 2.26. The van der Waals surface area contributed by atoms with Gasteiger partial charge in [0, 0.05) is 37.4 Å². The van der Waals surface area contributed by atoms with Crippen LogP contribution in [0.15, 0.2) is 36.5 Å². The molecule has 1 aromatic heterocycles. The zero-order valence-electron chi connectivity index (χ0n) is 13.2. The number of nitriles is 1. The second-order valence-electron chi connectivity index (χ2n) is 5.51. The first kappa shape index (κ1) is 17.3. The van der Waals surface area contributed by atoms with Crippen LogP contribution >= 0.6 is 23.2 Å². The molecule has 1 aliphatic heterocycles. The average molecular weight is 376 g/mol. The van der Waals surface area contributed by atoms with Gasteiger partial charge in [-0.2, -0.15) is 5.26 Å². The van der Waals surface area contributed by atoms with E-state index >= 15 is 0 Å². The van der Waals surface area contributed by atoms with E-state index in [1.165, 1.54) is 0 Å². The molecule has 2 amide bonds. The van der Waals surface area contributed by atoms with Crippen LogP contribution < -0.4 is 10.2 Å². The van der Waals surface area contributed by atoms with E-state index in [2.05, 4.69) is 16.4 Å². The summed E-state index contributed by atoms with van der Waals surface area (Å²) in [6.07, 6.45) is 1.66. The lowest BCUT2D eigenvalue weighted by Crippen LogP contribution is -2.50. The van der Waals surface area contributed by atoms with E-state index in [1.807, 2.05) is 4.90 Å². The molecule has 128 valence electrons. The van der Waals surface area contributed by atoms with Crippen molar-refractivity contribution in [2.75, 3.05) is 36.4 Å².